The smallest absolute Gasteiger partial charge is 0.335 e. The molecule has 2 aromatic rings. The lowest BCUT2D eigenvalue weighted by Gasteiger charge is -2.27. The Morgan fingerprint density at radius 2 is 1.93 bits per heavy atom. The van der Waals surface area contributed by atoms with Gasteiger partial charge in [0.1, 0.15) is 5.75 Å². The van der Waals surface area contributed by atoms with E-state index in [1.54, 1.807) is 7.11 Å². The zero-order valence-electron chi connectivity index (χ0n) is 16.3. The lowest BCUT2D eigenvalue weighted by Crippen LogP contribution is -2.31. The average molecular weight is 365 g/mol. The molecule has 27 heavy (non-hydrogen) atoms. The molecular formula is C23H27NO3. The van der Waals surface area contributed by atoms with Crippen LogP contribution in [0.1, 0.15) is 23.1 Å². The SMILES string of the molecule is COc1ccc(CCOC(=O)C2=C(c3ccccc3)CCN(C)C2)cc1C. The molecule has 2 aromatic carbocycles. The van der Waals surface area contributed by atoms with Gasteiger partial charge < -0.3 is 14.4 Å². The van der Waals surface area contributed by atoms with E-state index in [1.807, 2.05) is 44.3 Å². The van der Waals surface area contributed by atoms with Gasteiger partial charge in [0.25, 0.3) is 0 Å². The van der Waals surface area contributed by atoms with Gasteiger partial charge in [-0.05, 0) is 48.7 Å². The van der Waals surface area contributed by atoms with Gasteiger partial charge in [0.2, 0.25) is 0 Å². The Labute approximate surface area is 161 Å². The van der Waals surface area contributed by atoms with Crippen molar-refractivity contribution < 1.29 is 14.3 Å². The fourth-order valence-corrected chi connectivity index (χ4v) is 3.49. The molecule has 0 N–H and O–H groups in total. The molecule has 4 heteroatoms. The van der Waals surface area contributed by atoms with Crippen molar-refractivity contribution in [1.82, 2.24) is 4.90 Å². The van der Waals surface area contributed by atoms with Crippen molar-refractivity contribution in [3.05, 3.63) is 70.8 Å². The summed E-state index contributed by atoms with van der Waals surface area (Å²) in [5.41, 5.74) is 5.23. The van der Waals surface area contributed by atoms with Crippen molar-refractivity contribution in [2.75, 3.05) is 33.9 Å². The number of likely N-dealkylation sites (N-methyl/N-ethyl adjacent to an activating group) is 1. The van der Waals surface area contributed by atoms with Crippen LogP contribution in [0.4, 0.5) is 0 Å². The summed E-state index contributed by atoms with van der Waals surface area (Å²) in [4.78, 5) is 14.9. The maximum Gasteiger partial charge on any atom is 0.335 e. The summed E-state index contributed by atoms with van der Waals surface area (Å²) < 4.78 is 10.9. The number of methoxy groups -OCH3 is 1. The Morgan fingerprint density at radius 3 is 2.63 bits per heavy atom. The average Bonchev–Trinajstić information content (AvgIpc) is 2.68. The standard InChI is InChI=1S/C23H27NO3/c1-17-15-18(9-10-22(17)26-3)12-14-27-23(25)21-16-24(2)13-11-20(21)19-7-5-4-6-8-19/h4-10,15H,11-14,16H2,1-3H3. The first-order chi connectivity index (χ1) is 13.1. The molecule has 0 atom stereocenters. The molecule has 1 aliphatic heterocycles. The molecule has 1 heterocycles. The molecular weight excluding hydrogens is 338 g/mol. The van der Waals surface area contributed by atoms with Crippen LogP contribution in [0.5, 0.6) is 5.75 Å². The minimum atomic E-state index is -0.203. The molecule has 0 fully saturated rings. The molecule has 0 radical (unpaired) electrons. The number of ether oxygens (including phenoxy) is 2. The number of aryl methyl sites for hydroxylation is 1. The summed E-state index contributed by atoms with van der Waals surface area (Å²) in [6.45, 7) is 3.97. The number of nitrogens with zero attached hydrogens (tertiary/aromatic N) is 1. The van der Waals surface area contributed by atoms with Crippen molar-refractivity contribution in [2.24, 2.45) is 0 Å². The fourth-order valence-electron chi connectivity index (χ4n) is 3.49. The largest absolute Gasteiger partial charge is 0.496 e. The summed E-state index contributed by atoms with van der Waals surface area (Å²) >= 11 is 0. The van der Waals surface area contributed by atoms with Gasteiger partial charge in [-0.3, -0.25) is 0 Å². The van der Waals surface area contributed by atoms with Gasteiger partial charge in [0, 0.05) is 19.5 Å². The number of benzene rings is 2. The van der Waals surface area contributed by atoms with Crippen LogP contribution in [-0.4, -0.2) is 44.7 Å². The van der Waals surface area contributed by atoms with Crippen LogP contribution < -0.4 is 4.74 Å². The topological polar surface area (TPSA) is 38.8 Å². The van der Waals surface area contributed by atoms with Crippen molar-refractivity contribution in [2.45, 2.75) is 19.8 Å². The Bertz CT molecular complexity index is 827. The molecule has 0 unspecified atom stereocenters. The van der Waals surface area contributed by atoms with Crippen molar-refractivity contribution >= 4 is 11.5 Å². The lowest BCUT2D eigenvalue weighted by molar-refractivity contribution is -0.139. The first kappa shape index (κ1) is 19.2. The third kappa shape index (κ3) is 4.77. The molecule has 0 bridgehead atoms. The van der Waals surface area contributed by atoms with Crippen LogP contribution >= 0.6 is 0 Å². The van der Waals surface area contributed by atoms with Crippen LogP contribution in [0.25, 0.3) is 5.57 Å². The Hall–Kier alpha value is -2.59. The Balaban J connectivity index is 1.68. The summed E-state index contributed by atoms with van der Waals surface area (Å²) in [5.74, 6) is 0.671. The van der Waals surface area contributed by atoms with Gasteiger partial charge in [0.05, 0.1) is 19.3 Å². The van der Waals surface area contributed by atoms with E-state index in [9.17, 15) is 4.79 Å². The van der Waals surface area contributed by atoms with E-state index in [4.69, 9.17) is 9.47 Å². The second-order valence-electron chi connectivity index (χ2n) is 7.00. The summed E-state index contributed by atoms with van der Waals surface area (Å²) in [6, 6.07) is 16.2. The lowest BCUT2D eigenvalue weighted by atomic mass is 9.93. The molecule has 0 aromatic heterocycles. The van der Waals surface area contributed by atoms with Gasteiger partial charge >= 0.3 is 5.97 Å². The highest BCUT2D eigenvalue weighted by atomic mass is 16.5. The van der Waals surface area contributed by atoms with E-state index in [0.717, 1.165) is 46.6 Å². The predicted molar refractivity (Wildman–Crippen MR) is 108 cm³/mol. The third-order valence-corrected chi connectivity index (χ3v) is 4.99. The Morgan fingerprint density at radius 1 is 1.15 bits per heavy atom. The highest BCUT2D eigenvalue weighted by Gasteiger charge is 2.24. The van der Waals surface area contributed by atoms with E-state index in [1.165, 1.54) is 0 Å². The summed E-state index contributed by atoms with van der Waals surface area (Å²) in [7, 11) is 3.71. The molecule has 1 aliphatic rings. The van der Waals surface area contributed by atoms with Gasteiger partial charge in [-0.25, -0.2) is 4.79 Å². The van der Waals surface area contributed by atoms with Crippen LogP contribution in [-0.2, 0) is 16.0 Å². The molecule has 142 valence electrons. The van der Waals surface area contributed by atoms with Crippen LogP contribution in [0, 0.1) is 6.92 Å². The zero-order chi connectivity index (χ0) is 19.2. The molecule has 0 saturated heterocycles. The summed E-state index contributed by atoms with van der Waals surface area (Å²) in [6.07, 6.45) is 1.56. The van der Waals surface area contributed by atoms with E-state index in [0.29, 0.717) is 19.6 Å². The van der Waals surface area contributed by atoms with Crippen molar-refractivity contribution in [3.63, 3.8) is 0 Å². The van der Waals surface area contributed by atoms with Crippen LogP contribution in [0.15, 0.2) is 54.1 Å². The number of hydrogen-bond donors (Lipinski definition) is 0. The Kier molecular flexibility index (Phi) is 6.30. The van der Waals surface area contributed by atoms with Crippen molar-refractivity contribution in [3.8, 4) is 5.75 Å². The second-order valence-corrected chi connectivity index (χ2v) is 7.00. The normalized spacial score (nSPS) is 14.9. The maximum atomic E-state index is 12.8. The molecule has 0 aliphatic carbocycles. The van der Waals surface area contributed by atoms with Gasteiger partial charge in [-0.1, -0.05) is 42.5 Å². The van der Waals surface area contributed by atoms with E-state index >= 15 is 0 Å². The monoisotopic (exact) mass is 365 g/mol. The molecule has 0 amide bonds. The maximum absolute atomic E-state index is 12.8. The van der Waals surface area contributed by atoms with Gasteiger partial charge in [-0.15, -0.1) is 0 Å². The first-order valence-electron chi connectivity index (χ1n) is 9.35. The van der Waals surface area contributed by atoms with Gasteiger partial charge in [0.15, 0.2) is 0 Å². The highest BCUT2D eigenvalue weighted by Crippen LogP contribution is 2.27. The fraction of sp³-hybridized carbons (Fsp3) is 0.348. The second kappa shape index (κ2) is 8.87. The number of carbonyl (C=O) groups excluding carboxylic acids is 1. The number of hydrogen-bond acceptors (Lipinski definition) is 4. The number of carbonyl (C=O) groups is 1. The van der Waals surface area contributed by atoms with E-state index in [-0.39, 0.29) is 5.97 Å². The summed E-state index contributed by atoms with van der Waals surface area (Å²) in [5, 5.41) is 0. The highest BCUT2D eigenvalue weighted by molar-refractivity contribution is 5.98. The minimum Gasteiger partial charge on any atom is -0.496 e. The predicted octanol–water partition coefficient (Wildman–Crippen LogP) is 3.88. The third-order valence-electron chi connectivity index (χ3n) is 4.99. The minimum absolute atomic E-state index is 0.203. The number of rotatable bonds is 6. The number of esters is 1. The van der Waals surface area contributed by atoms with Crippen LogP contribution in [0.3, 0.4) is 0 Å². The quantitative estimate of drug-likeness (QED) is 0.728. The van der Waals surface area contributed by atoms with Gasteiger partial charge in [-0.2, -0.15) is 0 Å². The molecule has 3 rings (SSSR count). The molecule has 4 nitrogen and oxygen atoms in total. The first-order valence-corrected chi connectivity index (χ1v) is 9.35. The van der Waals surface area contributed by atoms with Crippen molar-refractivity contribution in [1.29, 1.82) is 0 Å². The van der Waals surface area contributed by atoms with Crippen LogP contribution in [0.2, 0.25) is 0 Å². The van der Waals surface area contributed by atoms with E-state index < -0.39 is 0 Å². The zero-order valence-corrected chi connectivity index (χ0v) is 16.3. The van der Waals surface area contributed by atoms with E-state index in [2.05, 4.69) is 23.1 Å². The molecule has 0 saturated carbocycles. The molecule has 0 spiro atoms.